The maximum Gasteiger partial charge on any atom is 0.282 e. The molecule has 9 heteroatoms. The van der Waals surface area contributed by atoms with Gasteiger partial charge < -0.3 is 10.2 Å². The van der Waals surface area contributed by atoms with E-state index in [4.69, 9.17) is 0 Å². The molecule has 150 valence electrons. The summed E-state index contributed by atoms with van der Waals surface area (Å²) in [5.74, 6) is -2.61. The molecule has 4 heterocycles. The first-order valence-electron chi connectivity index (χ1n) is 9.27. The number of fused-ring (bicyclic) bond motifs is 1. The van der Waals surface area contributed by atoms with Gasteiger partial charge in [-0.25, -0.2) is 13.8 Å². The van der Waals surface area contributed by atoms with Crippen LogP contribution in [-0.2, 0) is 0 Å². The molecular weight excluding hydrogens is 390 g/mol. The molecule has 0 aliphatic carbocycles. The van der Waals surface area contributed by atoms with Crippen molar-refractivity contribution in [3.05, 3.63) is 66.7 Å². The quantitative estimate of drug-likeness (QED) is 0.539. The van der Waals surface area contributed by atoms with Gasteiger partial charge in [0.1, 0.15) is 5.82 Å². The zero-order valence-electron chi connectivity index (χ0n) is 15.6. The Hall–Kier alpha value is -3.88. The molecule has 1 aromatic carbocycles. The Labute approximate surface area is 169 Å². The third-order valence-electron chi connectivity index (χ3n) is 4.95. The van der Waals surface area contributed by atoms with Gasteiger partial charge in [-0.2, -0.15) is 5.10 Å². The van der Waals surface area contributed by atoms with E-state index in [-0.39, 0.29) is 18.8 Å². The average Bonchev–Trinajstić information content (AvgIpc) is 3.16. The summed E-state index contributed by atoms with van der Waals surface area (Å²) in [6.45, 7) is -0.686. The molecule has 4 aromatic rings. The predicted octanol–water partition coefficient (Wildman–Crippen LogP) is 3.73. The van der Waals surface area contributed by atoms with E-state index in [1.807, 2.05) is 30.3 Å². The Kier molecular flexibility index (Phi) is 4.16. The van der Waals surface area contributed by atoms with Gasteiger partial charge in [-0.15, -0.1) is 0 Å². The average molecular weight is 406 g/mol. The highest BCUT2D eigenvalue weighted by atomic mass is 19.3. The minimum atomic E-state index is -2.66. The summed E-state index contributed by atoms with van der Waals surface area (Å²) in [7, 11) is 0. The van der Waals surface area contributed by atoms with Crippen LogP contribution in [0.5, 0.6) is 0 Å². The van der Waals surface area contributed by atoms with Crippen molar-refractivity contribution in [2.75, 3.05) is 23.3 Å². The highest BCUT2D eigenvalue weighted by molar-refractivity contribution is 6.11. The zero-order chi connectivity index (χ0) is 20.7. The molecule has 1 amide bonds. The molecule has 0 radical (unpaired) electrons. The van der Waals surface area contributed by atoms with Crippen molar-refractivity contribution in [3.8, 4) is 11.1 Å². The molecule has 0 saturated carbocycles. The van der Waals surface area contributed by atoms with Gasteiger partial charge in [-0.05, 0) is 35.9 Å². The number of rotatable bonds is 4. The van der Waals surface area contributed by atoms with E-state index in [9.17, 15) is 13.6 Å². The Morgan fingerprint density at radius 3 is 2.67 bits per heavy atom. The van der Waals surface area contributed by atoms with Gasteiger partial charge in [0.2, 0.25) is 0 Å². The molecule has 1 saturated heterocycles. The third-order valence-corrected chi connectivity index (χ3v) is 4.95. The number of H-pyrrole nitrogens is 1. The second kappa shape index (κ2) is 6.87. The normalized spacial score (nSPS) is 15.1. The summed E-state index contributed by atoms with van der Waals surface area (Å²) in [5.41, 5.74) is 3.30. The van der Waals surface area contributed by atoms with E-state index in [1.54, 1.807) is 24.5 Å². The number of hydrogen-bond donors (Lipinski definition) is 2. The van der Waals surface area contributed by atoms with Crippen molar-refractivity contribution in [2.45, 2.75) is 5.92 Å². The van der Waals surface area contributed by atoms with Crippen molar-refractivity contribution in [1.82, 2.24) is 20.2 Å². The number of aromatic amines is 1. The highest BCUT2D eigenvalue weighted by Crippen LogP contribution is 2.31. The molecular formula is C21H16F2N6O. The van der Waals surface area contributed by atoms with Crippen LogP contribution < -0.4 is 10.2 Å². The van der Waals surface area contributed by atoms with Crippen molar-refractivity contribution in [3.63, 3.8) is 0 Å². The lowest BCUT2D eigenvalue weighted by atomic mass is 10.0. The van der Waals surface area contributed by atoms with Gasteiger partial charge in [0.15, 0.2) is 5.69 Å². The van der Waals surface area contributed by atoms with Crippen molar-refractivity contribution in [2.24, 2.45) is 0 Å². The number of aromatic nitrogens is 4. The molecule has 2 N–H and O–H groups in total. The van der Waals surface area contributed by atoms with Gasteiger partial charge in [0.05, 0.1) is 30.5 Å². The Balaban J connectivity index is 1.36. The zero-order valence-corrected chi connectivity index (χ0v) is 15.6. The molecule has 3 aromatic heterocycles. The Morgan fingerprint density at radius 1 is 1.10 bits per heavy atom. The second-order valence-corrected chi connectivity index (χ2v) is 7.15. The molecule has 5 rings (SSSR count). The standard InChI is InChI=1S/C21H16F2N6O/c22-21(23)11-29(12-21)18-6-4-15(10-25-18)26-20(30)19-16-8-13(3-5-17(16)27-28-19)14-2-1-7-24-9-14/h1-10H,11-12H2,(H,26,30)(H,27,28). The first-order valence-corrected chi connectivity index (χ1v) is 9.27. The molecule has 0 atom stereocenters. The van der Waals surface area contributed by atoms with E-state index in [0.29, 0.717) is 16.9 Å². The number of hydrogen-bond acceptors (Lipinski definition) is 5. The summed E-state index contributed by atoms with van der Waals surface area (Å²) in [5, 5.41) is 10.4. The first-order chi connectivity index (χ1) is 14.5. The summed E-state index contributed by atoms with van der Waals surface area (Å²) >= 11 is 0. The molecule has 1 aliphatic heterocycles. The van der Waals surface area contributed by atoms with Crippen LogP contribution in [0.4, 0.5) is 20.3 Å². The maximum atomic E-state index is 13.0. The van der Waals surface area contributed by atoms with Gasteiger partial charge in [-0.1, -0.05) is 12.1 Å². The van der Waals surface area contributed by atoms with E-state index in [0.717, 1.165) is 16.6 Å². The van der Waals surface area contributed by atoms with E-state index >= 15 is 0 Å². The van der Waals surface area contributed by atoms with Crippen LogP contribution in [0.25, 0.3) is 22.0 Å². The van der Waals surface area contributed by atoms with Gasteiger partial charge in [-0.3, -0.25) is 14.9 Å². The third kappa shape index (κ3) is 3.34. The van der Waals surface area contributed by atoms with Crippen molar-refractivity contribution in [1.29, 1.82) is 0 Å². The molecule has 7 nitrogen and oxygen atoms in total. The number of halogens is 2. The van der Waals surface area contributed by atoms with Crippen LogP contribution in [0.15, 0.2) is 61.1 Å². The van der Waals surface area contributed by atoms with Gasteiger partial charge >= 0.3 is 0 Å². The minimum absolute atomic E-state index is 0.252. The van der Waals surface area contributed by atoms with Crippen LogP contribution in [0, 0.1) is 0 Å². The fraction of sp³-hybridized carbons (Fsp3) is 0.143. The van der Waals surface area contributed by atoms with Crippen molar-refractivity contribution < 1.29 is 13.6 Å². The van der Waals surface area contributed by atoms with Crippen molar-refractivity contribution >= 4 is 28.3 Å². The molecule has 30 heavy (non-hydrogen) atoms. The first kappa shape index (κ1) is 18.2. The largest absolute Gasteiger partial charge is 0.344 e. The predicted molar refractivity (Wildman–Crippen MR) is 109 cm³/mol. The van der Waals surface area contributed by atoms with E-state index in [1.165, 1.54) is 11.1 Å². The highest BCUT2D eigenvalue weighted by Gasteiger charge is 2.44. The SMILES string of the molecule is O=C(Nc1ccc(N2CC(F)(F)C2)nc1)c1n[nH]c2ccc(-c3cccnc3)cc12. The van der Waals surface area contributed by atoms with Gasteiger partial charge in [0, 0.05) is 23.3 Å². The fourth-order valence-electron chi connectivity index (χ4n) is 3.41. The number of carbonyl (C=O) groups is 1. The van der Waals surface area contributed by atoms with E-state index < -0.39 is 11.8 Å². The number of amides is 1. The van der Waals surface area contributed by atoms with Crippen LogP contribution in [-0.4, -0.2) is 45.1 Å². The van der Waals surface area contributed by atoms with Gasteiger partial charge in [0.25, 0.3) is 11.8 Å². The van der Waals surface area contributed by atoms with Crippen LogP contribution in [0.3, 0.4) is 0 Å². The van der Waals surface area contributed by atoms with E-state index in [2.05, 4.69) is 25.5 Å². The number of benzene rings is 1. The van der Waals surface area contributed by atoms with Crippen LogP contribution in [0.2, 0.25) is 0 Å². The minimum Gasteiger partial charge on any atom is -0.344 e. The fourth-order valence-corrected chi connectivity index (χ4v) is 3.41. The lowest BCUT2D eigenvalue weighted by Gasteiger charge is -2.39. The number of nitrogens with zero attached hydrogens (tertiary/aromatic N) is 4. The number of anilines is 2. The lowest BCUT2D eigenvalue weighted by Crippen LogP contribution is -2.56. The number of nitrogens with one attached hydrogen (secondary N) is 2. The number of carbonyl (C=O) groups excluding carboxylic acids is 1. The summed E-state index contributed by atoms with van der Waals surface area (Å²) in [4.78, 5) is 22.5. The summed E-state index contributed by atoms with van der Waals surface area (Å²) in [6.07, 6.45) is 4.90. The number of pyridine rings is 2. The topological polar surface area (TPSA) is 86.8 Å². The molecule has 0 bridgehead atoms. The monoisotopic (exact) mass is 406 g/mol. The summed E-state index contributed by atoms with van der Waals surface area (Å²) in [6, 6.07) is 12.7. The molecule has 0 spiro atoms. The maximum absolute atomic E-state index is 13.0. The van der Waals surface area contributed by atoms with Crippen LogP contribution in [0.1, 0.15) is 10.5 Å². The number of alkyl halides is 2. The second-order valence-electron chi connectivity index (χ2n) is 7.15. The molecule has 1 fully saturated rings. The Morgan fingerprint density at radius 2 is 1.97 bits per heavy atom. The van der Waals surface area contributed by atoms with Crippen LogP contribution >= 0.6 is 0 Å². The molecule has 1 aliphatic rings. The molecule has 0 unspecified atom stereocenters. The summed E-state index contributed by atoms with van der Waals surface area (Å²) < 4.78 is 26.0. The smallest absolute Gasteiger partial charge is 0.282 e. The lowest BCUT2D eigenvalue weighted by molar-refractivity contribution is -0.0267. The Bertz CT molecular complexity index is 1220.